The molecular weight excluding hydrogens is 244 g/mol. The quantitative estimate of drug-likeness (QED) is 0.512. The number of fused-ring (bicyclic) bond motifs is 2. The van der Waals surface area contributed by atoms with Crippen LogP contribution in [-0.2, 0) is 9.53 Å². The zero-order chi connectivity index (χ0) is 13.9. The van der Waals surface area contributed by atoms with E-state index in [0.29, 0.717) is 12.8 Å². The number of aliphatic hydroxyl groups is 2. The maximum absolute atomic E-state index is 11.7. The second-order valence-electron chi connectivity index (χ2n) is 6.73. The average molecular weight is 266 g/mol. The van der Waals surface area contributed by atoms with Crippen molar-refractivity contribution in [3.63, 3.8) is 0 Å². The van der Waals surface area contributed by atoms with Crippen LogP contribution < -0.4 is 0 Å². The summed E-state index contributed by atoms with van der Waals surface area (Å²) in [7, 11) is 0. The number of aliphatic hydroxyl groups excluding tert-OH is 2. The van der Waals surface area contributed by atoms with Crippen LogP contribution in [0.25, 0.3) is 0 Å². The summed E-state index contributed by atoms with van der Waals surface area (Å²) in [6.07, 6.45) is 0.675. The Bertz CT molecular complexity index is 432. The van der Waals surface area contributed by atoms with Gasteiger partial charge >= 0.3 is 5.97 Å². The Hall–Kier alpha value is -0.870. The number of rotatable bonds is 0. The lowest BCUT2D eigenvalue weighted by Crippen LogP contribution is -2.58. The largest absolute Gasteiger partial charge is 0.462 e. The molecule has 4 nitrogen and oxygen atoms in total. The van der Waals surface area contributed by atoms with Crippen molar-refractivity contribution in [2.45, 2.75) is 51.4 Å². The monoisotopic (exact) mass is 266 g/mol. The van der Waals surface area contributed by atoms with Crippen LogP contribution in [0.3, 0.4) is 0 Å². The Morgan fingerprint density at radius 3 is 2.79 bits per heavy atom. The minimum Gasteiger partial charge on any atom is -0.462 e. The summed E-state index contributed by atoms with van der Waals surface area (Å²) in [6.45, 7) is 7.90. The molecule has 4 heteroatoms. The molecule has 0 unspecified atom stereocenters. The number of ether oxygens (including phenoxy) is 1. The van der Waals surface area contributed by atoms with Gasteiger partial charge in [-0.05, 0) is 19.3 Å². The van der Waals surface area contributed by atoms with Crippen LogP contribution in [0.1, 0.15) is 33.1 Å². The molecule has 0 bridgehead atoms. The van der Waals surface area contributed by atoms with Crippen LogP contribution in [-0.4, -0.2) is 34.5 Å². The van der Waals surface area contributed by atoms with E-state index in [9.17, 15) is 15.0 Å². The zero-order valence-corrected chi connectivity index (χ0v) is 11.5. The van der Waals surface area contributed by atoms with Crippen molar-refractivity contribution in [3.05, 3.63) is 12.2 Å². The van der Waals surface area contributed by atoms with Crippen LogP contribution in [0.2, 0.25) is 0 Å². The Labute approximate surface area is 113 Å². The molecule has 106 valence electrons. The van der Waals surface area contributed by atoms with Crippen molar-refractivity contribution in [2.24, 2.45) is 23.2 Å². The van der Waals surface area contributed by atoms with Crippen molar-refractivity contribution in [1.82, 2.24) is 0 Å². The molecule has 7 atom stereocenters. The van der Waals surface area contributed by atoms with Gasteiger partial charge in [0, 0.05) is 17.3 Å². The van der Waals surface area contributed by atoms with Crippen molar-refractivity contribution >= 4 is 5.97 Å². The van der Waals surface area contributed by atoms with E-state index in [-0.39, 0.29) is 29.8 Å². The third-order valence-electron chi connectivity index (χ3n) is 5.67. The highest BCUT2D eigenvalue weighted by molar-refractivity contribution is 5.75. The minimum absolute atomic E-state index is 0.130. The highest BCUT2D eigenvalue weighted by Crippen LogP contribution is 2.56. The van der Waals surface area contributed by atoms with Gasteiger partial charge in [-0.15, -0.1) is 0 Å². The standard InChI is InChI=1S/C15H22O4/c1-7-4-5-10(16)15(3)6-9-11(13(17)12(7)15)8(2)14(18)19-9/h8-13,16-17H,1,4-6H2,2-3H3/t8-,9+,10-,11-,12-,13+,15+/m1/s1. The van der Waals surface area contributed by atoms with Crippen LogP contribution in [0, 0.1) is 23.2 Å². The number of esters is 1. The number of carbonyl (C=O) groups excluding carboxylic acids is 1. The van der Waals surface area contributed by atoms with E-state index in [1.807, 2.05) is 13.8 Å². The van der Waals surface area contributed by atoms with Crippen molar-refractivity contribution in [1.29, 1.82) is 0 Å². The highest BCUT2D eigenvalue weighted by Gasteiger charge is 2.61. The molecular formula is C15H22O4. The minimum atomic E-state index is -0.646. The van der Waals surface area contributed by atoms with E-state index in [0.717, 1.165) is 12.0 Å². The van der Waals surface area contributed by atoms with Crippen molar-refractivity contribution in [2.75, 3.05) is 0 Å². The molecule has 0 spiro atoms. The van der Waals surface area contributed by atoms with Crippen LogP contribution >= 0.6 is 0 Å². The molecule has 1 saturated heterocycles. The Kier molecular flexibility index (Phi) is 2.81. The van der Waals surface area contributed by atoms with Crippen LogP contribution in [0.15, 0.2) is 12.2 Å². The number of hydrogen-bond donors (Lipinski definition) is 2. The summed E-state index contributed by atoms with van der Waals surface area (Å²) < 4.78 is 5.41. The number of carbonyl (C=O) groups is 1. The normalized spacial score (nSPS) is 53.5. The number of hydrogen-bond acceptors (Lipinski definition) is 4. The Balaban J connectivity index is 2.00. The highest BCUT2D eigenvalue weighted by atomic mass is 16.6. The van der Waals surface area contributed by atoms with Gasteiger partial charge < -0.3 is 14.9 Å². The SMILES string of the molecule is C=C1CC[C@@H](O)[C@]2(C)C[C@@H]3OC(=O)[C@H](C)[C@H]3[C@H](O)[C@@H]12. The lowest BCUT2D eigenvalue weighted by molar-refractivity contribution is -0.157. The van der Waals surface area contributed by atoms with Gasteiger partial charge in [0.15, 0.2) is 0 Å². The lowest BCUT2D eigenvalue weighted by Gasteiger charge is -2.54. The zero-order valence-electron chi connectivity index (χ0n) is 11.5. The fourth-order valence-electron chi connectivity index (χ4n) is 4.54. The predicted molar refractivity (Wildman–Crippen MR) is 69.1 cm³/mol. The molecule has 0 amide bonds. The van der Waals surface area contributed by atoms with Gasteiger partial charge in [-0.1, -0.05) is 26.0 Å². The molecule has 0 radical (unpaired) electrons. The summed E-state index contributed by atoms with van der Waals surface area (Å²) in [5.74, 6) is -0.783. The summed E-state index contributed by atoms with van der Waals surface area (Å²) in [4.78, 5) is 11.7. The van der Waals surface area contributed by atoms with E-state index in [1.165, 1.54) is 0 Å². The van der Waals surface area contributed by atoms with Gasteiger partial charge in [0.05, 0.1) is 18.1 Å². The van der Waals surface area contributed by atoms with E-state index in [2.05, 4.69) is 6.58 Å². The van der Waals surface area contributed by atoms with E-state index >= 15 is 0 Å². The summed E-state index contributed by atoms with van der Waals surface area (Å²) in [5, 5.41) is 21.1. The second-order valence-corrected chi connectivity index (χ2v) is 6.73. The molecule has 0 aromatic carbocycles. The first-order valence-corrected chi connectivity index (χ1v) is 7.10. The smallest absolute Gasteiger partial charge is 0.309 e. The van der Waals surface area contributed by atoms with Crippen LogP contribution in [0.4, 0.5) is 0 Å². The molecule has 3 aliphatic rings. The molecule has 1 aliphatic heterocycles. The van der Waals surface area contributed by atoms with E-state index in [4.69, 9.17) is 4.74 Å². The van der Waals surface area contributed by atoms with E-state index in [1.54, 1.807) is 0 Å². The maximum Gasteiger partial charge on any atom is 0.309 e. The molecule has 19 heavy (non-hydrogen) atoms. The van der Waals surface area contributed by atoms with Gasteiger partial charge in [0.1, 0.15) is 6.10 Å². The molecule has 2 saturated carbocycles. The van der Waals surface area contributed by atoms with Crippen LogP contribution in [0.5, 0.6) is 0 Å². The lowest BCUT2D eigenvalue weighted by atomic mass is 9.53. The summed E-state index contributed by atoms with van der Waals surface area (Å²) >= 11 is 0. The second kappa shape index (κ2) is 4.06. The third-order valence-corrected chi connectivity index (χ3v) is 5.67. The van der Waals surface area contributed by atoms with Gasteiger partial charge in [-0.25, -0.2) is 0 Å². The molecule has 3 fully saturated rings. The Morgan fingerprint density at radius 2 is 2.11 bits per heavy atom. The molecule has 2 aliphatic carbocycles. The third kappa shape index (κ3) is 1.62. The Morgan fingerprint density at radius 1 is 1.42 bits per heavy atom. The van der Waals surface area contributed by atoms with Crippen molar-refractivity contribution in [3.8, 4) is 0 Å². The van der Waals surface area contributed by atoms with Gasteiger partial charge in [0.25, 0.3) is 0 Å². The average Bonchev–Trinajstić information content (AvgIpc) is 2.60. The van der Waals surface area contributed by atoms with E-state index < -0.39 is 17.6 Å². The summed E-state index contributed by atoms with van der Waals surface area (Å²) in [5.41, 5.74) is 0.575. The fourth-order valence-corrected chi connectivity index (χ4v) is 4.54. The maximum atomic E-state index is 11.7. The first kappa shape index (κ1) is 13.1. The molecule has 0 aromatic heterocycles. The topological polar surface area (TPSA) is 66.8 Å². The predicted octanol–water partition coefficient (Wildman–Crippen LogP) is 1.26. The van der Waals surface area contributed by atoms with Gasteiger partial charge in [-0.2, -0.15) is 0 Å². The fraction of sp³-hybridized carbons (Fsp3) is 0.800. The summed E-state index contributed by atoms with van der Waals surface area (Å²) in [6, 6.07) is 0. The van der Waals surface area contributed by atoms with Gasteiger partial charge in [0.2, 0.25) is 0 Å². The molecule has 1 heterocycles. The van der Waals surface area contributed by atoms with Gasteiger partial charge in [-0.3, -0.25) is 4.79 Å². The molecule has 2 N–H and O–H groups in total. The first-order valence-electron chi connectivity index (χ1n) is 7.10. The van der Waals surface area contributed by atoms with Crippen molar-refractivity contribution < 1.29 is 19.7 Å². The molecule has 0 aromatic rings. The first-order chi connectivity index (χ1) is 8.86. The molecule has 3 rings (SSSR count).